The number of carbonyl (C=O) groups is 4. The predicted molar refractivity (Wildman–Crippen MR) is 296 cm³/mol. The molecule has 19 heteroatoms. The number of likely N-dealkylation sites (tertiary alicyclic amines) is 2. The van der Waals surface area contributed by atoms with E-state index in [2.05, 4.69) is 41.5 Å². The molecule has 4 amide bonds. The first-order chi connectivity index (χ1) is 36.5. The van der Waals surface area contributed by atoms with Gasteiger partial charge in [0.1, 0.15) is 23.7 Å². The van der Waals surface area contributed by atoms with E-state index in [1.165, 1.54) is 30.1 Å². The summed E-state index contributed by atoms with van der Waals surface area (Å²) in [5, 5.41) is 25.3. The van der Waals surface area contributed by atoms with Gasteiger partial charge in [0.2, 0.25) is 17.7 Å². The van der Waals surface area contributed by atoms with Crippen LogP contribution in [0.25, 0.3) is 10.4 Å². The van der Waals surface area contributed by atoms with Gasteiger partial charge in [0.05, 0.1) is 62.5 Å². The van der Waals surface area contributed by atoms with E-state index in [-0.39, 0.29) is 72.0 Å². The standard InChI is InChI=1S/C58H74F3N9O6S/c1-34(2)76-49-29-43(35(3)27-47(49)67-50-30-46(44(31-63-50)58(59,60)61)66-45-16-13-12-15-42(45)54(73)62-9)39-22-25-69(26-23-39)24-14-10-11-17-51(72)68-53(57(6,7)8)56(75)70-32-41(71)28-48(70)55(74)65-36(4)38-18-20-40(21-19-38)52-37(5)64-33-77-52/h12-13,15-16,18-21,27,29-31,33-34,36,39,41,48,53,71H,10-11,14,17,22-26,28,32H2,1-9H3,(H,62,73)(H,65,74)(H,68,72)(H2,63,66,67)/t36-,41+,48-,53+/m0/s1. The lowest BCUT2D eigenvalue weighted by Crippen LogP contribution is -2.57. The van der Waals surface area contributed by atoms with Gasteiger partial charge in [-0.3, -0.25) is 19.2 Å². The Morgan fingerprint density at radius 1 is 0.870 bits per heavy atom. The molecule has 0 spiro atoms. The van der Waals surface area contributed by atoms with Crippen LogP contribution in [0.5, 0.6) is 5.75 Å². The second-order valence-electron chi connectivity index (χ2n) is 21.7. The fraction of sp³-hybridized carbons (Fsp3) is 0.483. The monoisotopic (exact) mass is 1080 g/mol. The Balaban J connectivity index is 0.893. The van der Waals surface area contributed by atoms with Gasteiger partial charge in [-0.15, -0.1) is 11.3 Å². The second kappa shape index (κ2) is 25.3. The molecule has 2 aliphatic rings. The summed E-state index contributed by atoms with van der Waals surface area (Å²) in [6.45, 7) is 18.0. The molecule has 2 fully saturated rings. The number of aliphatic hydroxyl groups excluding tert-OH is 1. The number of β-amino-alcohol motifs (C(OH)–C–C–N with tert-alkyl or cyclic N) is 1. The summed E-state index contributed by atoms with van der Waals surface area (Å²) in [6, 6.07) is 17.4. The lowest BCUT2D eigenvalue weighted by molar-refractivity contribution is -0.144. The largest absolute Gasteiger partial charge is 0.489 e. The Bertz CT molecular complexity index is 2860. The third-order valence-corrected chi connectivity index (χ3v) is 15.3. The minimum Gasteiger partial charge on any atom is -0.489 e. The number of hydrogen-bond donors (Lipinski definition) is 6. The number of pyridine rings is 1. The van der Waals surface area contributed by atoms with E-state index >= 15 is 0 Å². The van der Waals surface area contributed by atoms with Crippen LogP contribution in [0.3, 0.4) is 0 Å². The highest BCUT2D eigenvalue weighted by atomic mass is 32.1. The quantitative estimate of drug-likeness (QED) is 0.0407. The first kappa shape index (κ1) is 58.1. The summed E-state index contributed by atoms with van der Waals surface area (Å²) in [5.74, 6) is -0.464. The third kappa shape index (κ3) is 14.9. The number of nitrogens with one attached hydrogen (secondary N) is 5. The smallest absolute Gasteiger partial charge is 0.419 e. The van der Waals surface area contributed by atoms with Crippen molar-refractivity contribution in [3.8, 4) is 16.2 Å². The van der Waals surface area contributed by atoms with Crippen molar-refractivity contribution in [1.82, 2.24) is 35.7 Å². The molecule has 4 atom stereocenters. The Morgan fingerprint density at radius 2 is 1.58 bits per heavy atom. The number of piperidine rings is 1. The number of benzene rings is 3. The molecule has 5 aromatic rings. The number of halogens is 3. The number of carbonyl (C=O) groups excluding carboxylic acids is 4. The number of hydrogen-bond acceptors (Lipinski definition) is 12. The number of ether oxygens (including phenoxy) is 1. The number of unbranched alkanes of at least 4 members (excludes halogenated alkanes) is 2. The Morgan fingerprint density at radius 3 is 2.23 bits per heavy atom. The van der Waals surface area contributed by atoms with Crippen LogP contribution in [-0.4, -0.2) is 106 Å². The molecular weight excluding hydrogens is 1010 g/mol. The lowest BCUT2D eigenvalue weighted by Gasteiger charge is -2.35. The minimum absolute atomic E-state index is 0.00214. The topological polar surface area (TPSA) is 190 Å². The van der Waals surface area contributed by atoms with Crippen molar-refractivity contribution < 1.29 is 42.2 Å². The number of alkyl halides is 3. The highest BCUT2D eigenvalue weighted by molar-refractivity contribution is 7.13. The maximum Gasteiger partial charge on any atom is 0.419 e. The lowest BCUT2D eigenvalue weighted by atomic mass is 9.85. The summed E-state index contributed by atoms with van der Waals surface area (Å²) in [7, 11) is 1.45. The highest BCUT2D eigenvalue weighted by Crippen LogP contribution is 2.41. The zero-order valence-electron chi connectivity index (χ0n) is 45.6. The van der Waals surface area contributed by atoms with Crippen molar-refractivity contribution >= 4 is 57.8 Å². The molecule has 7 rings (SSSR count). The van der Waals surface area contributed by atoms with Gasteiger partial charge in [-0.05, 0) is 138 Å². The number of aryl methyl sites for hydroxylation is 2. The maximum absolute atomic E-state index is 14.3. The van der Waals surface area contributed by atoms with Crippen LogP contribution >= 0.6 is 11.3 Å². The van der Waals surface area contributed by atoms with Crippen LogP contribution in [0.15, 0.2) is 78.4 Å². The summed E-state index contributed by atoms with van der Waals surface area (Å²) < 4.78 is 49.1. The minimum atomic E-state index is -4.72. The molecule has 3 aromatic carbocycles. The van der Waals surface area contributed by atoms with E-state index < -0.39 is 47.2 Å². The molecule has 2 aliphatic heterocycles. The van der Waals surface area contributed by atoms with E-state index in [0.717, 1.165) is 84.3 Å². The van der Waals surface area contributed by atoms with Crippen molar-refractivity contribution in [3.63, 3.8) is 0 Å². The molecule has 15 nitrogen and oxygen atoms in total. The Hall–Kier alpha value is -6.57. The fourth-order valence-electron chi connectivity index (χ4n) is 10.2. The zero-order valence-corrected chi connectivity index (χ0v) is 46.4. The average Bonchev–Trinajstić information content (AvgIpc) is 4.00. The molecule has 0 radical (unpaired) electrons. The van der Waals surface area contributed by atoms with Gasteiger partial charge in [-0.2, -0.15) is 13.2 Å². The Kier molecular flexibility index (Phi) is 19.1. The van der Waals surface area contributed by atoms with E-state index in [0.29, 0.717) is 17.9 Å². The zero-order chi connectivity index (χ0) is 55.8. The van der Waals surface area contributed by atoms with Gasteiger partial charge >= 0.3 is 6.18 Å². The molecule has 6 N–H and O–H groups in total. The van der Waals surface area contributed by atoms with Crippen LogP contribution in [0, 0.1) is 19.3 Å². The van der Waals surface area contributed by atoms with Gasteiger partial charge in [-0.1, -0.05) is 63.6 Å². The first-order valence-electron chi connectivity index (χ1n) is 26.5. The maximum atomic E-state index is 14.3. The van der Waals surface area contributed by atoms with Crippen LogP contribution in [0.1, 0.15) is 137 Å². The van der Waals surface area contributed by atoms with Crippen molar-refractivity contribution in [3.05, 3.63) is 112 Å². The van der Waals surface area contributed by atoms with E-state index in [1.807, 2.05) is 97.3 Å². The second-order valence-corrected chi connectivity index (χ2v) is 22.5. The van der Waals surface area contributed by atoms with Gasteiger partial charge in [0.15, 0.2) is 0 Å². The normalized spacial score (nSPS) is 17.2. The first-order valence-corrected chi connectivity index (χ1v) is 27.4. The predicted octanol–water partition coefficient (Wildman–Crippen LogP) is 10.6. The van der Waals surface area contributed by atoms with Crippen molar-refractivity contribution in [2.75, 3.05) is 43.9 Å². The van der Waals surface area contributed by atoms with E-state index in [9.17, 15) is 37.5 Å². The number of amides is 4. The van der Waals surface area contributed by atoms with Gasteiger partial charge in [0, 0.05) is 38.7 Å². The number of thiazole rings is 1. The molecule has 0 bridgehead atoms. The molecule has 414 valence electrons. The molecule has 2 saturated heterocycles. The van der Waals surface area contributed by atoms with Crippen molar-refractivity contribution in [2.45, 2.75) is 143 Å². The highest BCUT2D eigenvalue weighted by Gasteiger charge is 2.45. The molecular formula is C58H74F3N9O6S. The molecule has 0 saturated carbocycles. The summed E-state index contributed by atoms with van der Waals surface area (Å²) in [5.41, 5.74) is 5.90. The number of nitrogens with zero attached hydrogens (tertiary/aromatic N) is 4. The number of aliphatic hydroxyl groups is 1. The van der Waals surface area contributed by atoms with Crippen molar-refractivity contribution in [2.24, 2.45) is 5.41 Å². The van der Waals surface area contributed by atoms with Gasteiger partial charge in [-0.25, -0.2) is 9.97 Å². The van der Waals surface area contributed by atoms with Gasteiger partial charge < -0.3 is 46.2 Å². The number of aromatic nitrogens is 2. The fourth-order valence-corrected chi connectivity index (χ4v) is 11.0. The summed E-state index contributed by atoms with van der Waals surface area (Å²) in [4.78, 5) is 67.4. The van der Waals surface area contributed by atoms with Crippen molar-refractivity contribution in [1.29, 1.82) is 0 Å². The Labute approximate surface area is 454 Å². The molecule has 0 aliphatic carbocycles. The third-order valence-electron chi connectivity index (χ3n) is 14.3. The van der Waals surface area contributed by atoms with Crippen LogP contribution in [0.4, 0.5) is 36.1 Å². The molecule has 2 aromatic heterocycles. The van der Waals surface area contributed by atoms with E-state index in [4.69, 9.17) is 4.74 Å². The van der Waals surface area contributed by atoms with Crippen LogP contribution in [0.2, 0.25) is 0 Å². The molecule has 0 unspecified atom stereocenters. The molecule has 4 heterocycles. The van der Waals surface area contributed by atoms with E-state index in [1.54, 1.807) is 23.5 Å². The number of para-hydroxylation sites is 1. The summed E-state index contributed by atoms with van der Waals surface area (Å²) >= 11 is 1.57. The molecule has 77 heavy (non-hydrogen) atoms. The van der Waals surface area contributed by atoms with Crippen LogP contribution < -0.4 is 31.3 Å². The summed E-state index contributed by atoms with van der Waals surface area (Å²) in [6.07, 6.45) is -0.449. The SMILES string of the molecule is CNC(=O)c1ccccc1Nc1cc(Nc2cc(C)c(C3CCN(CCCCCC(=O)N[C@H](C(=O)N4C[C@H](O)C[C@H]4C(=O)N[C@@H](C)c4ccc(-c5scnc5C)cc4)C(C)(C)C)CC3)cc2OC(C)C)ncc1C(F)(F)F. The number of rotatable bonds is 20. The number of anilines is 4. The van der Waals surface area contributed by atoms with Gasteiger partial charge in [0.25, 0.3) is 5.91 Å². The average molecular weight is 1080 g/mol. The van der Waals surface area contributed by atoms with Crippen LogP contribution in [-0.2, 0) is 20.6 Å².